The third-order valence-corrected chi connectivity index (χ3v) is 3.71. The van der Waals surface area contributed by atoms with Gasteiger partial charge >= 0.3 is 0 Å². The quantitative estimate of drug-likeness (QED) is 0.789. The van der Waals surface area contributed by atoms with E-state index in [9.17, 15) is 0 Å². The fraction of sp³-hybridized carbons (Fsp3) is 0.143. The molecule has 4 nitrogen and oxygen atoms in total. The van der Waals surface area contributed by atoms with E-state index in [-0.39, 0.29) is 6.04 Å². The highest BCUT2D eigenvalue weighted by Gasteiger charge is 2.10. The maximum atomic E-state index is 5.89. The number of rotatable bonds is 2. The van der Waals surface area contributed by atoms with Crippen LogP contribution in [0.4, 0.5) is 0 Å². The largest absolute Gasteiger partial charge is 0.324 e. The average Bonchev–Trinajstić information content (AvgIpc) is 2.82. The number of hydrogen-bond donors (Lipinski definition) is 1. The molecule has 0 bridgehead atoms. The first-order chi connectivity index (χ1) is 9.16. The molecule has 0 amide bonds. The van der Waals surface area contributed by atoms with E-state index < -0.39 is 0 Å². The van der Waals surface area contributed by atoms with Crippen LogP contribution in [-0.4, -0.2) is 15.0 Å². The number of fused-ring (bicyclic) bond motifs is 1. The predicted molar refractivity (Wildman–Crippen MR) is 79.2 cm³/mol. The first-order valence-electron chi connectivity index (χ1n) is 6.02. The van der Waals surface area contributed by atoms with E-state index in [1.54, 1.807) is 0 Å². The molecule has 0 aliphatic heterocycles. The first-order valence-corrected chi connectivity index (χ1v) is 6.82. The predicted octanol–water partition coefficient (Wildman–Crippen LogP) is 3.20. The monoisotopic (exact) mass is 316 g/mol. The lowest BCUT2D eigenvalue weighted by atomic mass is 10.1. The van der Waals surface area contributed by atoms with Crippen LogP contribution in [0.15, 0.2) is 46.9 Å². The second-order valence-electron chi connectivity index (χ2n) is 4.49. The molecule has 0 saturated heterocycles. The zero-order chi connectivity index (χ0) is 13.4. The zero-order valence-corrected chi connectivity index (χ0v) is 12.0. The number of aromatic nitrogens is 3. The van der Waals surface area contributed by atoms with Gasteiger partial charge in [-0.2, -0.15) is 0 Å². The summed E-state index contributed by atoms with van der Waals surface area (Å²) in [5.74, 6) is 0. The Hall–Kier alpha value is -1.72. The minimum Gasteiger partial charge on any atom is -0.324 e. The lowest BCUT2D eigenvalue weighted by Crippen LogP contribution is -2.06. The van der Waals surface area contributed by atoms with Crippen molar-refractivity contribution in [2.24, 2.45) is 5.73 Å². The summed E-state index contributed by atoms with van der Waals surface area (Å²) in [5.41, 5.74) is 9.79. The van der Waals surface area contributed by atoms with E-state index in [1.807, 2.05) is 54.1 Å². The molecular formula is C14H13BrN4. The van der Waals surface area contributed by atoms with Crippen molar-refractivity contribution in [3.8, 4) is 5.69 Å². The summed E-state index contributed by atoms with van der Waals surface area (Å²) in [6, 6.07) is 13.9. The highest BCUT2D eigenvalue weighted by molar-refractivity contribution is 9.10. The Morgan fingerprint density at radius 3 is 2.74 bits per heavy atom. The molecule has 19 heavy (non-hydrogen) atoms. The van der Waals surface area contributed by atoms with Crippen molar-refractivity contribution in [2.75, 3.05) is 0 Å². The maximum absolute atomic E-state index is 5.89. The molecule has 1 aromatic heterocycles. The summed E-state index contributed by atoms with van der Waals surface area (Å²) >= 11 is 3.58. The Morgan fingerprint density at radius 2 is 2.00 bits per heavy atom. The molecule has 0 spiro atoms. The highest BCUT2D eigenvalue weighted by atomic mass is 79.9. The molecule has 2 N–H and O–H groups in total. The van der Waals surface area contributed by atoms with Crippen molar-refractivity contribution < 1.29 is 0 Å². The van der Waals surface area contributed by atoms with E-state index in [0.717, 1.165) is 26.8 Å². The van der Waals surface area contributed by atoms with Crippen molar-refractivity contribution >= 4 is 27.0 Å². The van der Waals surface area contributed by atoms with Gasteiger partial charge in [0.05, 0.1) is 11.2 Å². The Labute approximate surface area is 119 Å². The van der Waals surface area contributed by atoms with Crippen LogP contribution in [0, 0.1) is 0 Å². The molecule has 1 heterocycles. The van der Waals surface area contributed by atoms with Gasteiger partial charge in [-0.3, -0.25) is 0 Å². The number of nitrogens with zero attached hydrogens (tertiary/aromatic N) is 3. The molecule has 3 aromatic rings. The molecule has 96 valence electrons. The maximum Gasteiger partial charge on any atom is 0.113 e. The minimum absolute atomic E-state index is 0.0119. The van der Waals surface area contributed by atoms with Gasteiger partial charge in [0.25, 0.3) is 0 Å². The number of benzene rings is 2. The van der Waals surface area contributed by atoms with Gasteiger partial charge in [0.15, 0.2) is 0 Å². The summed E-state index contributed by atoms with van der Waals surface area (Å²) in [6.45, 7) is 1.96. The summed E-state index contributed by atoms with van der Waals surface area (Å²) in [7, 11) is 0. The van der Waals surface area contributed by atoms with Gasteiger partial charge in [0.2, 0.25) is 0 Å². The third-order valence-electron chi connectivity index (χ3n) is 3.08. The molecule has 0 unspecified atom stereocenters. The van der Waals surface area contributed by atoms with Gasteiger partial charge in [-0.1, -0.05) is 23.4 Å². The molecule has 0 radical (unpaired) electrons. The molecule has 2 aromatic carbocycles. The fourth-order valence-corrected chi connectivity index (χ4v) is 2.59. The van der Waals surface area contributed by atoms with Crippen LogP contribution in [0.5, 0.6) is 0 Å². The molecule has 0 aliphatic carbocycles. The van der Waals surface area contributed by atoms with E-state index in [0.29, 0.717) is 0 Å². The molecular weight excluding hydrogens is 304 g/mol. The van der Waals surface area contributed by atoms with Crippen molar-refractivity contribution in [3.05, 3.63) is 52.5 Å². The van der Waals surface area contributed by atoms with Gasteiger partial charge in [0, 0.05) is 10.5 Å². The van der Waals surface area contributed by atoms with Gasteiger partial charge in [-0.05, 0) is 52.7 Å². The lowest BCUT2D eigenvalue weighted by Gasteiger charge is -2.10. The average molecular weight is 317 g/mol. The van der Waals surface area contributed by atoms with Crippen LogP contribution in [0.25, 0.3) is 16.7 Å². The zero-order valence-electron chi connectivity index (χ0n) is 10.4. The topological polar surface area (TPSA) is 56.7 Å². The standard InChI is InChI=1S/C14H13BrN4/c1-9(16)10-6-7-13(11(15)8-10)19-14-5-3-2-4-12(14)17-18-19/h2-9H,16H2,1H3/t9-/m0/s1. The van der Waals surface area contributed by atoms with Gasteiger partial charge in [-0.15, -0.1) is 5.10 Å². The van der Waals surface area contributed by atoms with E-state index in [2.05, 4.69) is 26.2 Å². The number of para-hydroxylation sites is 1. The fourth-order valence-electron chi connectivity index (χ4n) is 2.03. The second-order valence-corrected chi connectivity index (χ2v) is 5.34. The van der Waals surface area contributed by atoms with Gasteiger partial charge in [-0.25, -0.2) is 4.68 Å². The van der Waals surface area contributed by atoms with E-state index in [4.69, 9.17) is 5.73 Å². The Kier molecular flexibility index (Phi) is 3.08. The normalized spacial score (nSPS) is 12.8. The number of hydrogen-bond acceptors (Lipinski definition) is 3. The Balaban J connectivity index is 2.17. The smallest absolute Gasteiger partial charge is 0.113 e. The Morgan fingerprint density at radius 1 is 1.21 bits per heavy atom. The van der Waals surface area contributed by atoms with Crippen LogP contribution in [0.3, 0.4) is 0 Å². The van der Waals surface area contributed by atoms with Crippen LogP contribution in [0.1, 0.15) is 18.5 Å². The molecule has 0 fully saturated rings. The van der Waals surface area contributed by atoms with Crippen molar-refractivity contribution in [3.63, 3.8) is 0 Å². The summed E-state index contributed by atoms with van der Waals surface area (Å²) < 4.78 is 2.78. The molecule has 3 rings (SSSR count). The molecule has 0 aliphatic rings. The van der Waals surface area contributed by atoms with E-state index >= 15 is 0 Å². The molecule has 0 saturated carbocycles. The van der Waals surface area contributed by atoms with E-state index in [1.165, 1.54) is 0 Å². The van der Waals surface area contributed by atoms with Crippen LogP contribution in [0.2, 0.25) is 0 Å². The van der Waals surface area contributed by atoms with Crippen molar-refractivity contribution in [1.82, 2.24) is 15.0 Å². The van der Waals surface area contributed by atoms with Crippen molar-refractivity contribution in [1.29, 1.82) is 0 Å². The van der Waals surface area contributed by atoms with Gasteiger partial charge in [0.1, 0.15) is 5.52 Å². The lowest BCUT2D eigenvalue weighted by molar-refractivity contribution is 0.803. The summed E-state index contributed by atoms with van der Waals surface area (Å²) in [5, 5.41) is 8.37. The van der Waals surface area contributed by atoms with Crippen LogP contribution in [-0.2, 0) is 0 Å². The third kappa shape index (κ3) is 2.15. The second kappa shape index (κ2) is 4.75. The summed E-state index contributed by atoms with van der Waals surface area (Å²) in [4.78, 5) is 0. The first kappa shape index (κ1) is 12.3. The van der Waals surface area contributed by atoms with Crippen LogP contribution >= 0.6 is 15.9 Å². The molecule has 1 atom stereocenters. The number of nitrogens with two attached hydrogens (primary N) is 1. The minimum atomic E-state index is 0.0119. The van der Waals surface area contributed by atoms with Crippen LogP contribution < -0.4 is 5.73 Å². The molecule has 5 heteroatoms. The SMILES string of the molecule is C[C@H](N)c1ccc(-n2nnc3ccccc32)c(Br)c1. The summed E-state index contributed by atoms with van der Waals surface area (Å²) in [6.07, 6.45) is 0. The van der Waals surface area contributed by atoms with Crippen molar-refractivity contribution in [2.45, 2.75) is 13.0 Å². The van der Waals surface area contributed by atoms with Gasteiger partial charge < -0.3 is 5.73 Å². The highest BCUT2D eigenvalue weighted by Crippen LogP contribution is 2.26. The Bertz CT molecular complexity index is 733. The number of halogens is 1.